The Morgan fingerprint density at radius 3 is 2.79 bits per heavy atom. The van der Waals surface area contributed by atoms with E-state index in [1.807, 2.05) is 32.0 Å². The molecule has 0 amide bonds. The molecule has 1 atom stereocenters. The van der Waals surface area contributed by atoms with E-state index in [9.17, 15) is 5.11 Å². The van der Waals surface area contributed by atoms with E-state index in [2.05, 4.69) is 22.2 Å². The number of fused-ring (bicyclic) bond motifs is 1. The minimum atomic E-state index is -0.491. The lowest BCUT2D eigenvalue weighted by molar-refractivity contribution is 0.102. The fourth-order valence-electron chi connectivity index (χ4n) is 3.43. The lowest BCUT2D eigenvalue weighted by Crippen LogP contribution is -2.54. The minimum absolute atomic E-state index is 0.145. The van der Waals surface area contributed by atoms with Gasteiger partial charge in [-0.05, 0) is 37.1 Å². The first kappa shape index (κ1) is 19.6. The van der Waals surface area contributed by atoms with Crippen molar-refractivity contribution in [1.82, 2.24) is 15.3 Å². The van der Waals surface area contributed by atoms with Gasteiger partial charge in [-0.2, -0.15) is 0 Å². The molecule has 0 bridgehead atoms. The number of aryl methyl sites for hydroxylation is 1. The zero-order valence-corrected chi connectivity index (χ0v) is 17.8. The topological polar surface area (TPSA) is 67.3 Å². The van der Waals surface area contributed by atoms with E-state index in [4.69, 9.17) is 16.3 Å². The molecule has 148 valence electrons. The second-order valence-corrected chi connectivity index (χ2v) is 9.33. The zero-order chi connectivity index (χ0) is 19.9. The van der Waals surface area contributed by atoms with Gasteiger partial charge in [-0.25, -0.2) is 9.97 Å². The summed E-state index contributed by atoms with van der Waals surface area (Å²) in [6.07, 6.45) is 1.73. The molecule has 1 saturated heterocycles. The Morgan fingerprint density at radius 2 is 2.11 bits per heavy atom. The number of rotatable bonds is 6. The number of aromatic nitrogens is 2. The molecule has 0 aliphatic carbocycles. The number of aliphatic hydroxyl groups is 1. The standard InChI is InChI=1S/C21H24ClN3O2S/c1-4-16(26)17-7-15-20(28-17)18(25-11-24-15)14-6-13(22)5-12(2)19(14)27-10-21(3)8-23-9-21/h5-7,11,16,23,26H,4,8-10H2,1-3H3. The van der Waals surface area contributed by atoms with Crippen LogP contribution in [0.4, 0.5) is 0 Å². The summed E-state index contributed by atoms with van der Waals surface area (Å²) in [5.74, 6) is 0.809. The third kappa shape index (κ3) is 3.62. The van der Waals surface area contributed by atoms with Crippen molar-refractivity contribution in [2.75, 3.05) is 19.7 Å². The van der Waals surface area contributed by atoms with E-state index >= 15 is 0 Å². The summed E-state index contributed by atoms with van der Waals surface area (Å²) in [7, 11) is 0. The molecule has 2 N–H and O–H groups in total. The molecule has 0 radical (unpaired) electrons. The van der Waals surface area contributed by atoms with Crippen molar-refractivity contribution >= 4 is 33.2 Å². The van der Waals surface area contributed by atoms with Gasteiger partial charge in [-0.15, -0.1) is 11.3 Å². The van der Waals surface area contributed by atoms with Gasteiger partial charge < -0.3 is 15.2 Å². The number of halogens is 1. The summed E-state index contributed by atoms with van der Waals surface area (Å²) < 4.78 is 7.24. The molecule has 1 fully saturated rings. The second-order valence-electron chi connectivity index (χ2n) is 7.81. The van der Waals surface area contributed by atoms with E-state index < -0.39 is 6.10 Å². The van der Waals surface area contributed by atoms with Crippen LogP contribution in [0.1, 0.15) is 36.8 Å². The normalized spacial score (nSPS) is 16.8. The van der Waals surface area contributed by atoms with Crippen LogP contribution in [0.3, 0.4) is 0 Å². The Bertz CT molecular complexity index is 1020. The number of nitrogens with one attached hydrogen (secondary N) is 1. The van der Waals surface area contributed by atoms with Crippen molar-refractivity contribution in [2.45, 2.75) is 33.3 Å². The van der Waals surface area contributed by atoms with Crippen LogP contribution in [0.15, 0.2) is 24.5 Å². The van der Waals surface area contributed by atoms with Crippen LogP contribution in [0, 0.1) is 12.3 Å². The van der Waals surface area contributed by atoms with Crippen LogP contribution in [-0.4, -0.2) is 34.8 Å². The number of hydrogen-bond acceptors (Lipinski definition) is 6. The molecule has 1 aromatic carbocycles. The first-order valence-corrected chi connectivity index (χ1v) is 10.7. The molecule has 28 heavy (non-hydrogen) atoms. The summed E-state index contributed by atoms with van der Waals surface area (Å²) >= 11 is 7.91. The van der Waals surface area contributed by atoms with Crippen LogP contribution in [0.25, 0.3) is 21.5 Å². The molecule has 1 aliphatic heterocycles. The molecule has 0 saturated carbocycles. The van der Waals surface area contributed by atoms with Gasteiger partial charge >= 0.3 is 0 Å². The van der Waals surface area contributed by atoms with Gasteiger partial charge in [0.25, 0.3) is 0 Å². The number of nitrogens with zero attached hydrogens (tertiary/aromatic N) is 2. The number of hydrogen-bond donors (Lipinski definition) is 2. The number of thiophene rings is 1. The Kier molecular flexibility index (Phi) is 5.31. The van der Waals surface area contributed by atoms with Crippen LogP contribution in [-0.2, 0) is 0 Å². The fraction of sp³-hybridized carbons (Fsp3) is 0.429. The zero-order valence-electron chi connectivity index (χ0n) is 16.3. The smallest absolute Gasteiger partial charge is 0.131 e. The summed E-state index contributed by atoms with van der Waals surface area (Å²) in [5.41, 5.74) is 3.62. The van der Waals surface area contributed by atoms with Gasteiger partial charge in [-0.3, -0.25) is 0 Å². The van der Waals surface area contributed by atoms with Crippen molar-refractivity contribution in [3.8, 4) is 17.0 Å². The summed E-state index contributed by atoms with van der Waals surface area (Å²) in [6.45, 7) is 8.73. The van der Waals surface area contributed by atoms with Crippen LogP contribution >= 0.6 is 22.9 Å². The van der Waals surface area contributed by atoms with E-state index in [1.165, 1.54) is 11.3 Å². The Labute approximate surface area is 173 Å². The summed E-state index contributed by atoms with van der Waals surface area (Å²) in [5, 5.41) is 14.2. The van der Waals surface area contributed by atoms with E-state index in [-0.39, 0.29) is 5.41 Å². The number of benzene rings is 1. The highest BCUT2D eigenvalue weighted by Gasteiger charge is 2.33. The largest absolute Gasteiger partial charge is 0.492 e. The van der Waals surface area contributed by atoms with Gasteiger partial charge in [0.05, 0.1) is 28.6 Å². The maximum absolute atomic E-state index is 10.3. The van der Waals surface area contributed by atoms with E-state index in [0.29, 0.717) is 18.1 Å². The first-order chi connectivity index (χ1) is 13.4. The van der Waals surface area contributed by atoms with Crippen LogP contribution in [0.5, 0.6) is 5.75 Å². The highest BCUT2D eigenvalue weighted by atomic mass is 35.5. The molecule has 2 aromatic heterocycles. The molecular formula is C21H24ClN3O2S. The molecule has 4 rings (SSSR count). The quantitative estimate of drug-likeness (QED) is 0.605. The van der Waals surface area contributed by atoms with Gasteiger partial charge in [0.15, 0.2) is 0 Å². The highest BCUT2D eigenvalue weighted by molar-refractivity contribution is 7.19. The lowest BCUT2D eigenvalue weighted by atomic mass is 9.85. The molecule has 7 heteroatoms. The van der Waals surface area contributed by atoms with Gasteiger partial charge in [0, 0.05) is 34.0 Å². The molecular weight excluding hydrogens is 394 g/mol. The molecule has 5 nitrogen and oxygen atoms in total. The van der Waals surface area contributed by atoms with Crippen molar-refractivity contribution in [1.29, 1.82) is 0 Å². The number of ether oxygens (including phenoxy) is 1. The minimum Gasteiger partial charge on any atom is -0.492 e. The molecule has 3 heterocycles. The Balaban J connectivity index is 1.80. The predicted octanol–water partition coefficient (Wildman–Crippen LogP) is 4.75. The Morgan fingerprint density at radius 1 is 1.32 bits per heavy atom. The first-order valence-electron chi connectivity index (χ1n) is 9.47. The average Bonchev–Trinajstić information content (AvgIpc) is 3.09. The van der Waals surface area contributed by atoms with Gasteiger partial charge in [0.2, 0.25) is 0 Å². The van der Waals surface area contributed by atoms with Crippen LogP contribution in [0.2, 0.25) is 5.02 Å². The van der Waals surface area contributed by atoms with E-state index in [0.717, 1.165) is 50.8 Å². The summed E-state index contributed by atoms with van der Waals surface area (Å²) in [6, 6.07) is 5.77. The third-order valence-corrected chi connectivity index (χ3v) is 6.66. The predicted molar refractivity (Wildman–Crippen MR) is 114 cm³/mol. The molecule has 3 aromatic rings. The lowest BCUT2D eigenvalue weighted by Gasteiger charge is -2.39. The number of aliphatic hydroxyl groups excluding tert-OH is 1. The van der Waals surface area contributed by atoms with Crippen molar-refractivity contribution < 1.29 is 9.84 Å². The third-order valence-electron chi connectivity index (χ3n) is 5.21. The SMILES string of the molecule is CCC(O)c1cc2ncnc(-c3cc(Cl)cc(C)c3OCC3(C)CNC3)c2s1. The molecule has 0 spiro atoms. The maximum atomic E-state index is 10.3. The van der Waals surface area contributed by atoms with Crippen LogP contribution < -0.4 is 10.1 Å². The maximum Gasteiger partial charge on any atom is 0.131 e. The van der Waals surface area contributed by atoms with Crippen molar-refractivity contribution in [3.63, 3.8) is 0 Å². The highest BCUT2D eigenvalue weighted by Crippen LogP contribution is 2.41. The van der Waals surface area contributed by atoms with Gasteiger partial charge in [-0.1, -0.05) is 25.4 Å². The van der Waals surface area contributed by atoms with E-state index in [1.54, 1.807) is 6.33 Å². The fourth-order valence-corrected chi connectivity index (χ4v) is 4.89. The Hall–Kier alpha value is -1.73. The average molecular weight is 418 g/mol. The van der Waals surface area contributed by atoms with Crippen molar-refractivity contribution in [2.24, 2.45) is 5.41 Å². The second kappa shape index (κ2) is 7.59. The van der Waals surface area contributed by atoms with Gasteiger partial charge in [0.1, 0.15) is 12.1 Å². The molecule has 1 aliphatic rings. The molecule has 1 unspecified atom stereocenters. The monoisotopic (exact) mass is 417 g/mol. The van der Waals surface area contributed by atoms with Crippen molar-refractivity contribution in [3.05, 3.63) is 40.0 Å². The summed E-state index contributed by atoms with van der Waals surface area (Å²) in [4.78, 5) is 9.85.